The Hall–Kier alpha value is -0.553. The van der Waals surface area contributed by atoms with Crippen LogP contribution in [0.5, 0.6) is 0 Å². The average Bonchev–Trinajstić information content (AvgIpc) is 2.31. The van der Waals surface area contributed by atoms with Crippen LogP contribution in [0, 0.1) is 23.3 Å². The highest BCUT2D eigenvalue weighted by Gasteiger charge is 2.30. The standard InChI is InChI=1S/C12H15ClF4Si/c1-18(2,6-4-3-5-13)9-7-8(14)10(15)12(17)11(9)16/h7H,3-6H2,1-2H3. The summed E-state index contributed by atoms with van der Waals surface area (Å²) in [7, 11) is -2.33. The van der Waals surface area contributed by atoms with E-state index in [4.69, 9.17) is 11.6 Å². The molecule has 0 aliphatic heterocycles. The van der Waals surface area contributed by atoms with Crippen LogP contribution in [0.3, 0.4) is 0 Å². The van der Waals surface area contributed by atoms with Gasteiger partial charge in [0.1, 0.15) is 0 Å². The van der Waals surface area contributed by atoms with Crippen molar-refractivity contribution in [1.82, 2.24) is 0 Å². The molecule has 0 fully saturated rings. The second-order valence-corrected chi connectivity index (χ2v) is 10.1. The van der Waals surface area contributed by atoms with Gasteiger partial charge in [0, 0.05) is 5.88 Å². The number of rotatable bonds is 5. The fourth-order valence-corrected chi connectivity index (χ4v) is 4.68. The molecule has 0 N–H and O–H groups in total. The quantitative estimate of drug-likeness (QED) is 0.191. The van der Waals surface area contributed by atoms with Crippen molar-refractivity contribution >= 4 is 24.9 Å². The summed E-state index contributed by atoms with van der Waals surface area (Å²) in [5, 5.41) is -0.00604. The molecule has 0 saturated carbocycles. The maximum atomic E-state index is 13.7. The van der Waals surface area contributed by atoms with Crippen LogP contribution in [-0.2, 0) is 0 Å². The van der Waals surface area contributed by atoms with Crippen LogP contribution in [0.25, 0.3) is 0 Å². The molecule has 0 spiro atoms. The molecule has 0 saturated heterocycles. The van der Waals surface area contributed by atoms with Crippen molar-refractivity contribution in [3.05, 3.63) is 29.3 Å². The van der Waals surface area contributed by atoms with E-state index in [1.165, 1.54) is 0 Å². The van der Waals surface area contributed by atoms with Crippen LogP contribution >= 0.6 is 11.6 Å². The Morgan fingerprint density at radius 2 is 1.61 bits per heavy atom. The van der Waals surface area contributed by atoms with Crippen molar-refractivity contribution in [3.8, 4) is 0 Å². The molecule has 18 heavy (non-hydrogen) atoms. The van der Waals surface area contributed by atoms with E-state index in [0.717, 1.165) is 18.9 Å². The molecule has 0 radical (unpaired) electrons. The number of hydrogen-bond acceptors (Lipinski definition) is 0. The van der Waals surface area contributed by atoms with Crippen LogP contribution in [0.4, 0.5) is 17.6 Å². The maximum absolute atomic E-state index is 13.7. The summed E-state index contributed by atoms with van der Waals surface area (Å²) in [6, 6.07) is 1.45. The van der Waals surface area contributed by atoms with E-state index in [2.05, 4.69) is 0 Å². The summed E-state index contributed by atoms with van der Waals surface area (Å²) in [6.45, 7) is 3.60. The zero-order chi connectivity index (χ0) is 13.9. The Labute approximate surface area is 110 Å². The Morgan fingerprint density at radius 1 is 1.00 bits per heavy atom. The van der Waals surface area contributed by atoms with E-state index >= 15 is 0 Å². The van der Waals surface area contributed by atoms with Gasteiger partial charge >= 0.3 is 0 Å². The van der Waals surface area contributed by atoms with E-state index in [1.54, 1.807) is 13.1 Å². The van der Waals surface area contributed by atoms with Crippen LogP contribution in [0.2, 0.25) is 19.1 Å². The van der Waals surface area contributed by atoms with Crippen molar-refractivity contribution in [1.29, 1.82) is 0 Å². The van der Waals surface area contributed by atoms with Crippen molar-refractivity contribution in [3.63, 3.8) is 0 Å². The van der Waals surface area contributed by atoms with Gasteiger partial charge in [-0.25, -0.2) is 17.6 Å². The van der Waals surface area contributed by atoms with E-state index in [-0.39, 0.29) is 5.19 Å². The van der Waals surface area contributed by atoms with E-state index < -0.39 is 31.3 Å². The van der Waals surface area contributed by atoms with Crippen LogP contribution in [-0.4, -0.2) is 14.0 Å². The van der Waals surface area contributed by atoms with Gasteiger partial charge in [-0.05, 0) is 17.7 Å². The largest absolute Gasteiger partial charge is 0.204 e. The first kappa shape index (κ1) is 15.5. The fourth-order valence-electron chi connectivity index (χ4n) is 1.86. The van der Waals surface area contributed by atoms with Gasteiger partial charge in [0.25, 0.3) is 0 Å². The molecule has 0 unspecified atom stereocenters. The van der Waals surface area contributed by atoms with Crippen LogP contribution in [0.1, 0.15) is 12.8 Å². The van der Waals surface area contributed by atoms with Gasteiger partial charge in [0.2, 0.25) is 0 Å². The van der Waals surface area contributed by atoms with Gasteiger partial charge in [-0.3, -0.25) is 0 Å². The van der Waals surface area contributed by atoms with Crippen molar-refractivity contribution < 1.29 is 17.6 Å². The monoisotopic (exact) mass is 298 g/mol. The molecule has 0 atom stereocenters. The second-order valence-electron chi connectivity index (χ2n) is 4.88. The number of hydrogen-bond donors (Lipinski definition) is 0. The topological polar surface area (TPSA) is 0 Å². The molecular formula is C12H15ClF4Si. The summed E-state index contributed by atoms with van der Waals surface area (Å²) in [5.41, 5.74) is 0. The van der Waals surface area contributed by atoms with Crippen molar-refractivity contribution in [2.24, 2.45) is 0 Å². The lowest BCUT2D eigenvalue weighted by atomic mass is 10.3. The molecule has 1 aromatic rings. The molecule has 102 valence electrons. The number of alkyl halides is 1. The minimum absolute atomic E-state index is 0.00604. The predicted octanol–water partition coefficient (Wildman–Crippen LogP) is 4.18. The Morgan fingerprint density at radius 3 is 2.17 bits per heavy atom. The predicted molar refractivity (Wildman–Crippen MR) is 68.2 cm³/mol. The van der Waals surface area contributed by atoms with Gasteiger partial charge in [-0.15, -0.1) is 11.6 Å². The van der Waals surface area contributed by atoms with Gasteiger partial charge in [-0.1, -0.05) is 25.6 Å². The lowest BCUT2D eigenvalue weighted by Crippen LogP contribution is -2.44. The van der Waals surface area contributed by atoms with E-state index in [9.17, 15) is 17.6 Å². The number of halogens is 5. The fraction of sp³-hybridized carbons (Fsp3) is 0.500. The Bertz CT molecular complexity index is 435. The molecule has 6 heteroatoms. The second kappa shape index (κ2) is 6.06. The first-order chi connectivity index (χ1) is 8.31. The summed E-state index contributed by atoms with van der Waals surface area (Å²) in [6.07, 6.45) is 1.54. The highest BCUT2D eigenvalue weighted by molar-refractivity contribution is 6.89. The van der Waals surface area contributed by atoms with Gasteiger partial charge in [-0.2, -0.15) is 0 Å². The molecule has 0 aliphatic rings. The highest BCUT2D eigenvalue weighted by atomic mass is 35.5. The summed E-state index contributed by atoms with van der Waals surface area (Å²) in [4.78, 5) is 0. The Balaban J connectivity index is 3.08. The average molecular weight is 299 g/mol. The molecule has 0 bridgehead atoms. The Kier molecular flexibility index (Phi) is 5.22. The molecule has 0 amide bonds. The lowest BCUT2D eigenvalue weighted by molar-refractivity contribution is 0.412. The molecular weight excluding hydrogens is 284 g/mol. The first-order valence-electron chi connectivity index (χ1n) is 5.70. The molecule has 0 nitrogen and oxygen atoms in total. The third-order valence-electron chi connectivity index (χ3n) is 3.02. The summed E-state index contributed by atoms with van der Waals surface area (Å²) < 4.78 is 52.9. The molecule has 1 aromatic carbocycles. The minimum atomic E-state index is -2.33. The van der Waals surface area contributed by atoms with E-state index in [1.807, 2.05) is 0 Å². The number of benzene rings is 1. The van der Waals surface area contributed by atoms with E-state index in [0.29, 0.717) is 11.9 Å². The third-order valence-corrected chi connectivity index (χ3v) is 6.71. The SMILES string of the molecule is C[Si](C)(CCCCCl)c1cc(F)c(F)c(F)c1F. The third kappa shape index (κ3) is 3.26. The smallest absolute Gasteiger partial charge is 0.197 e. The van der Waals surface area contributed by atoms with Crippen molar-refractivity contribution in [2.75, 3.05) is 5.88 Å². The van der Waals surface area contributed by atoms with Crippen molar-refractivity contribution in [2.45, 2.75) is 32.0 Å². The molecule has 0 heterocycles. The molecule has 0 aliphatic carbocycles. The molecule has 0 aromatic heterocycles. The minimum Gasteiger partial charge on any atom is -0.204 e. The zero-order valence-electron chi connectivity index (χ0n) is 10.3. The highest BCUT2D eigenvalue weighted by Crippen LogP contribution is 2.20. The zero-order valence-corrected chi connectivity index (χ0v) is 12.1. The van der Waals surface area contributed by atoms with Gasteiger partial charge in [0.05, 0.1) is 8.07 Å². The van der Waals surface area contributed by atoms with Crippen LogP contribution in [0.15, 0.2) is 6.07 Å². The number of unbranched alkanes of at least 4 members (excludes halogenated alkanes) is 1. The molecule has 1 rings (SSSR count). The van der Waals surface area contributed by atoms with Gasteiger partial charge in [0.15, 0.2) is 23.3 Å². The first-order valence-corrected chi connectivity index (χ1v) is 9.45. The normalized spacial score (nSPS) is 11.9. The van der Waals surface area contributed by atoms with Crippen LogP contribution < -0.4 is 5.19 Å². The lowest BCUT2D eigenvalue weighted by Gasteiger charge is -2.23. The summed E-state index contributed by atoms with van der Waals surface area (Å²) in [5.74, 6) is -5.55. The maximum Gasteiger partial charge on any atom is 0.197 e. The summed E-state index contributed by atoms with van der Waals surface area (Å²) >= 11 is 5.55. The van der Waals surface area contributed by atoms with Gasteiger partial charge < -0.3 is 0 Å².